The van der Waals surface area contributed by atoms with Crippen molar-refractivity contribution >= 4 is 17.2 Å². The third-order valence-electron chi connectivity index (χ3n) is 6.41. The van der Waals surface area contributed by atoms with E-state index in [1.54, 1.807) is 23.6 Å². The van der Waals surface area contributed by atoms with Crippen molar-refractivity contribution in [1.82, 2.24) is 24.8 Å². The number of aromatic amines is 1. The van der Waals surface area contributed by atoms with E-state index in [4.69, 9.17) is 4.98 Å². The lowest BCUT2D eigenvalue weighted by atomic mass is 9.95. The fraction of sp³-hybridized carbons (Fsp3) is 0.417. The summed E-state index contributed by atoms with van der Waals surface area (Å²) in [6.45, 7) is 5.84. The van der Waals surface area contributed by atoms with Crippen molar-refractivity contribution in [2.45, 2.75) is 45.2 Å². The van der Waals surface area contributed by atoms with Gasteiger partial charge in [-0.15, -0.1) is 11.3 Å². The number of amides is 1. The van der Waals surface area contributed by atoms with Gasteiger partial charge in [0.05, 0.1) is 11.3 Å². The lowest BCUT2D eigenvalue weighted by Gasteiger charge is -2.32. The number of nitrogens with one attached hydrogen (secondary N) is 1. The van der Waals surface area contributed by atoms with E-state index in [-0.39, 0.29) is 17.4 Å². The number of fused-ring (bicyclic) bond motifs is 1. The summed E-state index contributed by atoms with van der Waals surface area (Å²) in [5.41, 5.74) is 3.52. The summed E-state index contributed by atoms with van der Waals surface area (Å²) >= 11 is 1.77. The maximum absolute atomic E-state index is 12.9. The van der Waals surface area contributed by atoms with Crippen molar-refractivity contribution in [3.63, 3.8) is 0 Å². The topological polar surface area (TPSA) is 82.2 Å². The molecule has 1 fully saturated rings. The van der Waals surface area contributed by atoms with E-state index in [1.807, 2.05) is 17.0 Å². The normalized spacial score (nSPS) is 17.3. The highest BCUT2D eigenvalue weighted by molar-refractivity contribution is 7.10. The maximum Gasteiger partial charge on any atom is 0.272 e. The number of carbonyl (C=O) groups excluding carboxylic acids is 1. The second-order valence-electron chi connectivity index (χ2n) is 8.68. The summed E-state index contributed by atoms with van der Waals surface area (Å²) in [5, 5.41) is 2.20. The van der Waals surface area contributed by atoms with E-state index < -0.39 is 0 Å². The molecule has 1 N–H and O–H groups in total. The molecule has 5 rings (SSSR count). The largest absolute Gasteiger partial charge is 0.337 e. The molecular formula is C24H27N5O2S. The molecule has 1 saturated heterocycles. The van der Waals surface area contributed by atoms with Gasteiger partial charge in [-0.05, 0) is 48.9 Å². The van der Waals surface area contributed by atoms with Crippen molar-refractivity contribution < 1.29 is 4.79 Å². The molecule has 1 amide bonds. The average molecular weight is 450 g/mol. The van der Waals surface area contributed by atoms with Crippen LogP contribution in [-0.2, 0) is 19.5 Å². The van der Waals surface area contributed by atoms with Gasteiger partial charge in [0.1, 0.15) is 11.5 Å². The summed E-state index contributed by atoms with van der Waals surface area (Å²) in [6, 6.07) is 7.61. The number of H-pyrrole nitrogens is 1. The molecule has 0 saturated carbocycles. The Morgan fingerprint density at radius 1 is 1.25 bits per heavy atom. The van der Waals surface area contributed by atoms with Crippen LogP contribution in [0, 0.1) is 6.92 Å². The van der Waals surface area contributed by atoms with Crippen molar-refractivity contribution in [3.8, 4) is 0 Å². The van der Waals surface area contributed by atoms with Gasteiger partial charge in [-0.3, -0.25) is 19.5 Å². The van der Waals surface area contributed by atoms with Gasteiger partial charge in [0.25, 0.3) is 11.5 Å². The van der Waals surface area contributed by atoms with Crippen molar-refractivity contribution in [2.24, 2.45) is 0 Å². The number of hydrogen-bond donors (Lipinski definition) is 1. The second kappa shape index (κ2) is 8.96. The van der Waals surface area contributed by atoms with Crippen LogP contribution in [0.25, 0.3) is 0 Å². The molecular weight excluding hydrogens is 422 g/mol. The molecule has 166 valence electrons. The molecule has 2 aliphatic rings. The molecule has 32 heavy (non-hydrogen) atoms. The third-order valence-corrected chi connectivity index (χ3v) is 7.32. The fourth-order valence-corrected chi connectivity index (χ4v) is 5.37. The quantitative estimate of drug-likeness (QED) is 0.662. The molecule has 7 nitrogen and oxygen atoms in total. The zero-order chi connectivity index (χ0) is 22.1. The van der Waals surface area contributed by atoms with E-state index in [9.17, 15) is 9.59 Å². The summed E-state index contributed by atoms with van der Waals surface area (Å²) in [7, 11) is 0. The summed E-state index contributed by atoms with van der Waals surface area (Å²) in [6.07, 6.45) is 4.03. The maximum atomic E-state index is 12.9. The van der Waals surface area contributed by atoms with Gasteiger partial charge in [0.2, 0.25) is 0 Å². The first-order chi connectivity index (χ1) is 15.6. The molecule has 3 aromatic rings. The van der Waals surface area contributed by atoms with Crippen LogP contribution in [0.5, 0.6) is 0 Å². The summed E-state index contributed by atoms with van der Waals surface area (Å²) in [5.74, 6) is 0.921. The fourth-order valence-electron chi connectivity index (χ4n) is 4.67. The van der Waals surface area contributed by atoms with Gasteiger partial charge < -0.3 is 9.88 Å². The number of aryl methyl sites for hydroxylation is 1. The molecule has 0 unspecified atom stereocenters. The number of piperidine rings is 1. The number of carbonyl (C=O) groups is 1. The molecule has 0 atom stereocenters. The third kappa shape index (κ3) is 4.38. The van der Waals surface area contributed by atoms with Crippen molar-refractivity contribution in [1.29, 1.82) is 0 Å². The number of nitrogens with zero attached hydrogens (tertiary/aromatic N) is 4. The highest BCUT2D eigenvalue weighted by atomic mass is 32.1. The number of thiophene rings is 1. The highest BCUT2D eigenvalue weighted by Crippen LogP contribution is 2.27. The zero-order valence-electron chi connectivity index (χ0n) is 18.2. The van der Waals surface area contributed by atoms with Gasteiger partial charge in [0, 0.05) is 56.1 Å². The summed E-state index contributed by atoms with van der Waals surface area (Å²) < 4.78 is 0. The Labute approximate surface area is 191 Å². The first-order valence-corrected chi connectivity index (χ1v) is 12.0. The number of rotatable bonds is 4. The smallest absolute Gasteiger partial charge is 0.272 e. The predicted octanol–water partition coefficient (Wildman–Crippen LogP) is 3.11. The molecule has 5 heterocycles. The monoisotopic (exact) mass is 449 g/mol. The van der Waals surface area contributed by atoms with Crippen LogP contribution in [0.3, 0.4) is 0 Å². The van der Waals surface area contributed by atoms with E-state index in [1.165, 1.54) is 10.4 Å². The SMILES string of the molecule is Cc1cc(CN2CCc3nc(C4CCN(C(=O)c5ccccn5)CC4)[nH]c(=O)c3C2)cs1. The molecule has 2 aliphatic heterocycles. The lowest BCUT2D eigenvalue weighted by molar-refractivity contribution is 0.0705. The minimum absolute atomic E-state index is 0.0109. The minimum Gasteiger partial charge on any atom is -0.337 e. The summed E-state index contributed by atoms with van der Waals surface area (Å²) in [4.78, 5) is 43.1. The number of hydrogen-bond acceptors (Lipinski definition) is 6. The Hall–Kier alpha value is -2.84. The number of pyridine rings is 1. The zero-order valence-corrected chi connectivity index (χ0v) is 19.0. The van der Waals surface area contributed by atoms with Gasteiger partial charge in [0.15, 0.2) is 0 Å². The van der Waals surface area contributed by atoms with Crippen LogP contribution in [0.4, 0.5) is 0 Å². The second-order valence-corrected chi connectivity index (χ2v) is 9.80. The van der Waals surface area contributed by atoms with Crippen LogP contribution in [-0.4, -0.2) is 50.3 Å². The Morgan fingerprint density at radius 2 is 2.09 bits per heavy atom. The molecule has 0 aliphatic carbocycles. The predicted molar refractivity (Wildman–Crippen MR) is 124 cm³/mol. The molecule has 0 spiro atoms. The van der Waals surface area contributed by atoms with Crippen LogP contribution in [0.15, 0.2) is 40.6 Å². The average Bonchev–Trinajstić information content (AvgIpc) is 3.24. The molecule has 0 aromatic carbocycles. The standard InChI is InChI=1S/C24H27N5O2S/c1-16-12-17(15-32-16)13-28-9-7-20-19(14-28)23(30)27-22(26-20)18-5-10-29(11-6-18)24(31)21-4-2-3-8-25-21/h2-4,8,12,15,18H,5-7,9-11,13-14H2,1H3,(H,26,27,30). The Morgan fingerprint density at radius 3 is 2.81 bits per heavy atom. The van der Waals surface area contributed by atoms with Gasteiger partial charge in [-0.1, -0.05) is 6.07 Å². The van der Waals surface area contributed by atoms with Crippen LogP contribution in [0.2, 0.25) is 0 Å². The molecule has 0 radical (unpaired) electrons. The van der Waals surface area contributed by atoms with Crippen molar-refractivity contribution in [3.05, 3.63) is 79.4 Å². The molecule has 3 aromatic heterocycles. The van der Waals surface area contributed by atoms with Crippen molar-refractivity contribution in [2.75, 3.05) is 19.6 Å². The van der Waals surface area contributed by atoms with E-state index >= 15 is 0 Å². The molecule has 8 heteroatoms. The minimum atomic E-state index is -0.0307. The first kappa shape index (κ1) is 21.0. The van der Waals surface area contributed by atoms with E-state index in [2.05, 4.69) is 33.2 Å². The van der Waals surface area contributed by atoms with Gasteiger partial charge >= 0.3 is 0 Å². The van der Waals surface area contributed by atoms with Crippen LogP contribution in [0.1, 0.15) is 56.8 Å². The number of aromatic nitrogens is 3. The first-order valence-electron chi connectivity index (χ1n) is 11.2. The number of likely N-dealkylation sites (tertiary alicyclic amines) is 1. The Kier molecular flexibility index (Phi) is 5.89. The lowest BCUT2D eigenvalue weighted by Crippen LogP contribution is -2.40. The van der Waals surface area contributed by atoms with E-state index in [0.29, 0.717) is 25.3 Å². The van der Waals surface area contributed by atoms with Crippen LogP contribution >= 0.6 is 11.3 Å². The highest BCUT2D eigenvalue weighted by Gasteiger charge is 2.28. The van der Waals surface area contributed by atoms with Crippen LogP contribution < -0.4 is 5.56 Å². The molecule has 0 bridgehead atoms. The Balaban J connectivity index is 1.24. The van der Waals surface area contributed by atoms with Gasteiger partial charge in [-0.25, -0.2) is 4.98 Å². The van der Waals surface area contributed by atoms with Gasteiger partial charge in [-0.2, -0.15) is 0 Å². The van der Waals surface area contributed by atoms with E-state index in [0.717, 1.165) is 49.4 Å². The Bertz CT molecular complexity index is 1160.